The van der Waals surface area contributed by atoms with Crippen LogP contribution in [0.15, 0.2) is 59.5 Å². The molecule has 4 amide bonds. The largest absolute Gasteiger partial charge is 0.342 e. The maximum atomic E-state index is 13.0. The number of carbonyl (C=O) groups excluding carboxylic acids is 3. The van der Waals surface area contributed by atoms with E-state index in [0.29, 0.717) is 32.5 Å². The van der Waals surface area contributed by atoms with E-state index in [4.69, 9.17) is 0 Å². The molecule has 2 aliphatic rings. The summed E-state index contributed by atoms with van der Waals surface area (Å²) in [5.74, 6) is -0.281. The van der Waals surface area contributed by atoms with E-state index in [9.17, 15) is 14.4 Å². The molecule has 1 unspecified atom stereocenters. The van der Waals surface area contributed by atoms with Gasteiger partial charge in [0.05, 0.1) is 5.92 Å². The van der Waals surface area contributed by atoms with E-state index in [1.807, 2.05) is 65.8 Å². The van der Waals surface area contributed by atoms with E-state index in [1.54, 1.807) is 16.7 Å². The molecule has 0 radical (unpaired) electrons. The van der Waals surface area contributed by atoms with Crippen LogP contribution in [-0.4, -0.2) is 54.7 Å². The Morgan fingerprint density at radius 2 is 1.69 bits per heavy atom. The number of nitrogens with one attached hydrogen (secondary N) is 2. The number of thioether (sulfide) groups is 1. The maximum Gasteiger partial charge on any atom is 0.319 e. The summed E-state index contributed by atoms with van der Waals surface area (Å²) in [7, 11) is 0. The molecule has 0 bridgehead atoms. The summed E-state index contributed by atoms with van der Waals surface area (Å²) in [6.07, 6.45) is 3.67. The first kappa shape index (κ1) is 22.2. The number of piperidine rings is 1. The number of likely N-dealkylation sites (tertiary alicyclic amines) is 1. The van der Waals surface area contributed by atoms with Crippen molar-refractivity contribution < 1.29 is 14.4 Å². The van der Waals surface area contributed by atoms with Gasteiger partial charge in [-0.2, -0.15) is 0 Å². The van der Waals surface area contributed by atoms with Crippen molar-refractivity contribution in [2.75, 3.05) is 36.1 Å². The van der Waals surface area contributed by atoms with Crippen LogP contribution in [0.1, 0.15) is 19.3 Å². The molecule has 4 rings (SSSR count). The Balaban J connectivity index is 1.26. The standard InChI is InChI=1S/C24H28N4O3S/c1-32-21-9-7-20(8-10-21)28-16-17(15-22(28)29)23(30)27-13-11-19(12-14-27)26-24(31)25-18-5-3-2-4-6-18/h2-10,17,19H,11-16H2,1H3,(H2,25,26,31). The smallest absolute Gasteiger partial charge is 0.319 e. The fourth-order valence-corrected chi connectivity index (χ4v) is 4.67. The second-order valence-electron chi connectivity index (χ2n) is 8.17. The van der Waals surface area contributed by atoms with Crippen molar-refractivity contribution in [3.8, 4) is 0 Å². The molecule has 2 aromatic carbocycles. The van der Waals surface area contributed by atoms with Crippen LogP contribution < -0.4 is 15.5 Å². The molecule has 2 fully saturated rings. The highest BCUT2D eigenvalue weighted by Gasteiger charge is 2.38. The van der Waals surface area contributed by atoms with Crippen LogP contribution >= 0.6 is 11.8 Å². The van der Waals surface area contributed by atoms with E-state index in [2.05, 4.69) is 10.6 Å². The fraction of sp³-hybridized carbons (Fsp3) is 0.375. The van der Waals surface area contributed by atoms with Gasteiger partial charge in [0.2, 0.25) is 11.8 Å². The molecule has 0 spiro atoms. The third kappa shape index (κ3) is 5.24. The van der Waals surface area contributed by atoms with Crippen LogP contribution in [-0.2, 0) is 9.59 Å². The van der Waals surface area contributed by atoms with Gasteiger partial charge in [0.1, 0.15) is 0 Å². The molecule has 2 heterocycles. The summed E-state index contributed by atoms with van der Waals surface area (Å²) in [6.45, 7) is 1.60. The Morgan fingerprint density at radius 3 is 2.34 bits per heavy atom. The number of nitrogens with zero attached hydrogens (tertiary/aromatic N) is 2. The monoisotopic (exact) mass is 452 g/mol. The third-order valence-corrected chi connectivity index (χ3v) is 6.78. The number of para-hydroxylation sites is 1. The topological polar surface area (TPSA) is 81.8 Å². The van der Waals surface area contributed by atoms with E-state index >= 15 is 0 Å². The number of rotatable bonds is 5. The van der Waals surface area contributed by atoms with Gasteiger partial charge in [0.25, 0.3) is 0 Å². The summed E-state index contributed by atoms with van der Waals surface area (Å²) in [5.41, 5.74) is 1.59. The number of carbonyl (C=O) groups is 3. The van der Waals surface area contributed by atoms with Crippen LogP contribution in [0, 0.1) is 5.92 Å². The molecule has 2 N–H and O–H groups in total. The minimum absolute atomic E-state index is 0.00520. The lowest BCUT2D eigenvalue weighted by Crippen LogP contribution is -2.49. The molecular formula is C24H28N4O3S. The van der Waals surface area contributed by atoms with E-state index in [-0.39, 0.29) is 36.2 Å². The van der Waals surface area contributed by atoms with Gasteiger partial charge in [-0.3, -0.25) is 9.59 Å². The van der Waals surface area contributed by atoms with Gasteiger partial charge in [-0.25, -0.2) is 4.79 Å². The predicted octanol–water partition coefficient (Wildman–Crippen LogP) is 3.57. The zero-order valence-corrected chi connectivity index (χ0v) is 18.9. The van der Waals surface area contributed by atoms with Gasteiger partial charge in [-0.1, -0.05) is 18.2 Å². The molecule has 0 saturated carbocycles. The number of amides is 4. The number of hydrogen-bond acceptors (Lipinski definition) is 4. The van der Waals surface area contributed by atoms with Gasteiger partial charge in [0, 0.05) is 48.4 Å². The summed E-state index contributed by atoms with van der Waals surface area (Å²) in [6, 6.07) is 17.0. The molecule has 2 saturated heterocycles. The molecule has 2 aromatic rings. The lowest BCUT2D eigenvalue weighted by atomic mass is 10.0. The van der Waals surface area contributed by atoms with Gasteiger partial charge >= 0.3 is 6.03 Å². The van der Waals surface area contributed by atoms with Crippen molar-refractivity contribution in [1.29, 1.82) is 0 Å². The fourth-order valence-electron chi connectivity index (χ4n) is 4.26. The first-order valence-electron chi connectivity index (χ1n) is 10.9. The van der Waals surface area contributed by atoms with Crippen molar-refractivity contribution in [3.05, 3.63) is 54.6 Å². The van der Waals surface area contributed by atoms with Gasteiger partial charge in [0.15, 0.2) is 0 Å². The molecule has 7 nitrogen and oxygen atoms in total. The number of hydrogen-bond donors (Lipinski definition) is 2. The highest BCUT2D eigenvalue weighted by atomic mass is 32.2. The number of urea groups is 1. The Kier molecular flexibility index (Phi) is 6.99. The maximum absolute atomic E-state index is 13.0. The Hall–Kier alpha value is -3.00. The second-order valence-corrected chi connectivity index (χ2v) is 9.05. The van der Waals surface area contributed by atoms with Crippen molar-refractivity contribution >= 4 is 41.0 Å². The Bertz CT molecular complexity index is 959. The zero-order chi connectivity index (χ0) is 22.5. The SMILES string of the molecule is CSc1ccc(N2CC(C(=O)N3CCC(NC(=O)Nc4ccccc4)CC3)CC2=O)cc1. The van der Waals surface area contributed by atoms with Gasteiger partial charge in [-0.05, 0) is 55.5 Å². The van der Waals surface area contributed by atoms with E-state index in [1.165, 1.54) is 0 Å². The average molecular weight is 453 g/mol. The Morgan fingerprint density at radius 1 is 1.00 bits per heavy atom. The van der Waals surface area contributed by atoms with Crippen LogP contribution in [0.2, 0.25) is 0 Å². The third-order valence-electron chi connectivity index (χ3n) is 6.03. The lowest BCUT2D eigenvalue weighted by molar-refractivity contribution is -0.136. The minimum Gasteiger partial charge on any atom is -0.342 e. The van der Waals surface area contributed by atoms with Crippen LogP contribution in [0.25, 0.3) is 0 Å². The lowest BCUT2D eigenvalue weighted by Gasteiger charge is -2.33. The van der Waals surface area contributed by atoms with Crippen molar-refractivity contribution in [2.45, 2.75) is 30.2 Å². The minimum atomic E-state index is -0.311. The van der Waals surface area contributed by atoms with Crippen LogP contribution in [0.4, 0.5) is 16.2 Å². The first-order chi connectivity index (χ1) is 15.5. The molecule has 0 aliphatic carbocycles. The average Bonchev–Trinajstić information content (AvgIpc) is 3.21. The van der Waals surface area contributed by atoms with E-state index < -0.39 is 0 Å². The summed E-state index contributed by atoms with van der Waals surface area (Å²) >= 11 is 1.65. The summed E-state index contributed by atoms with van der Waals surface area (Å²) in [4.78, 5) is 42.5. The van der Waals surface area contributed by atoms with E-state index in [0.717, 1.165) is 16.3 Å². The molecule has 2 aliphatic heterocycles. The molecule has 8 heteroatoms. The number of anilines is 2. The predicted molar refractivity (Wildman–Crippen MR) is 127 cm³/mol. The molecular weight excluding hydrogens is 424 g/mol. The van der Waals surface area contributed by atoms with Crippen molar-refractivity contribution in [2.24, 2.45) is 5.92 Å². The molecule has 32 heavy (non-hydrogen) atoms. The van der Waals surface area contributed by atoms with Crippen molar-refractivity contribution in [3.63, 3.8) is 0 Å². The van der Waals surface area contributed by atoms with Crippen LogP contribution in [0.3, 0.4) is 0 Å². The van der Waals surface area contributed by atoms with Gasteiger partial charge in [-0.15, -0.1) is 11.8 Å². The molecule has 168 valence electrons. The first-order valence-corrected chi connectivity index (χ1v) is 12.1. The highest BCUT2D eigenvalue weighted by molar-refractivity contribution is 7.98. The Labute approximate surface area is 192 Å². The molecule has 0 aromatic heterocycles. The summed E-state index contributed by atoms with van der Waals surface area (Å²) < 4.78 is 0. The second kappa shape index (κ2) is 10.1. The highest BCUT2D eigenvalue weighted by Crippen LogP contribution is 2.28. The van der Waals surface area contributed by atoms with Gasteiger partial charge < -0.3 is 20.4 Å². The van der Waals surface area contributed by atoms with Crippen molar-refractivity contribution in [1.82, 2.24) is 10.2 Å². The summed E-state index contributed by atoms with van der Waals surface area (Å²) in [5, 5.41) is 5.81. The molecule has 1 atom stereocenters. The normalized spacial score (nSPS) is 19.2. The quantitative estimate of drug-likeness (QED) is 0.680. The number of benzene rings is 2. The van der Waals surface area contributed by atoms with Crippen LogP contribution in [0.5, 0.6) is 0 Å². The zero-order valence-electron chi connectivity index (χ0n) is 18.1.